The summed E-state index contributed by atoms with van der Waals surface area (Å²) in [6.45, 7) is 0. The van der Waals surface area contributed by atoms with Crippen molar-refractivity contribution in [3.05, 3.63) is 0 Å². The van der Waals surface area contributed by atoms with Crippen molar-refractivity contribution >= 4 is 29.1 Å². The van der Waals surface area contributed by atoms with E-state index in [1.165, 1.54) is 0 Å². The second kappa shape index (κ2) is 23.9. The minimum absolute atomic E-state index is 0. The van der Waals surface area contributed by atoms with E-state index in [1.54, 1.807) is 0 Å². The van der Waals surface area contributed by atoms with Gasteiger partial charge in [-0.15, -0.1) is 0 Å². The zero-order chi connectivity index (χ0) is 3.58. The summed E-state index contributed by atoms with van der Waals surface area (Å²) in [5, 5.41) is 0. The summed E-state index contributed by atoms with van der Waals surface area (Å²) < 4.78 is 0. The van der Waals surface area contributed by atoms with Crippen LogP contribution in [0.25, 0.3) is 0 Å². The van der Waals surface area contributed by atoms with Crippen LogP contribution in [0.3, 0.4) is 0 Å². The fourth-order valence-electron chi connectivity index (χ4n) is 0. The molecule has 0 unspecified atom stereocenters. The van der Waals surface area contributed by atoms with Crippen LogP contribution >= 0.6 is 29.1 Å². The van der Waals surface area contributed by atoms with Crippen LogP contribution in [0.5, 0.6) is 0 Å². The predicted octanol–water partition coefficient (Wildman–Crippen LogP) is -1.23. The predicted molar refractivity (Wildman–Crippen MR) is 32.0 cm³/mol. The van der Waals surface area contributed by atoms with E-state index in [0.717, 1.165) is 0 Å². The van der Waals surface area contributed by atoms with Crippen LogP contribution in [-0.2, 0) is 13.0 Å². The molecule has 4 nitrogen and oxygen atoms in total. The summed E-state index contributed by atoms with van der Waals surface area (Å²) in [4.78, 5) is 0. The van der Waals surface area contributed by atoms with Crippen molar-refractivity contribution in [1.82, 2.24) is 0 Å². The van der Waals surface area contributed by atoms with Gasteiger partial charge in [0.1, 0.15) is 0 Å². The summed E-state index contributed by atoms with van der Waals surface area (Å²) in [6.07, 6.45) is 0. The first-order valence-electron chi connectivity index (χ1n) is 0.401. The molecule has 0 aliphatic rings. The van der Waals surface area contributed by atoms with Crippen molar-refractivity contribution in [1.29, 1.82) is 0 Å². The van der Waals surface area contributed by atoms with Gasteiger partial charge in [0.05, 0.1) is 0 Å². The maximum atomic E-state index is 4.95. The summed E-state index contributed by atoms with van der Waals surface area (Å²) >= 11 is -1.75. The van der Waals surface area contributed by atoms with Crippen LogP contribution in [0, 0.1) is 0 Å². The molecular formula is H8Cl3O4Ru. The number of halogens is 3. The Bertz CT molecular complexity index is 16.0. The Hall–Kier alpha value is 1.33. The molecule has 0 aromatic carbocycles. The first-order chi connectivity index (χ1) is 1.73. The Morgan fingerprint density at radius 1 is 0.625 bits per heavy atom. The molecule has 0 saturated carbocycles. The average molecular weight is 279 g/mol. The molecule has 8 heteroatoms. The van der Waals surface area contributed by atoms with E-state index < -0.39 is 13.0 Å². The normalized spacial score (nSPS) is 5.62. The van der Waals surface area contributed by atoms with E-state index >= 15 is 0 Å². The van der Waals surface area contributed by atoms with E-state index in [0.29, 0.717) is 0 Å². The first kappa shape index (κ1) is 34.5. The van der Waals surface area contributed by atoms with Gasteiger partial charge in [-0.2, -0.15) is 0 Å². The van der Waals surface area contributed by atoms with E-state index in [-0.39, 0.29) is 21.9 Å². The number of rotatable bonds is 0. The van der Waals surface area contributed by atoms with Gasteiger partial charge in [0.2, 0.25) is 0 Å². The van der Waals surface area contributed by atoms with Gasteiger partial charge in [-0.25, -0.2) is 0 Å². The SMILES string of the molecule is O.O.O.O.[Cl][Ru]([Cl])[Cl]. The molecule has 0 spiro atoms. The monoisotopic (exact) mass is 279 g/mol. The molecule has 0 atom stereocenters. The second-order valence-corrected chi connectivity index (χ2v) is 8.07. The molecule has 0 aromatic rings. The summed E-state index contributed by atoms with van der Waals surface area (Å²) in [7, 11) is 14.8. The maximum absolute atomic E-state index is 4.95. The van der Waals surface area contributed by atoms with Gasteiger partial charge in [0, 0.05) is 0 Å². The van der Waals surface area contributed by atoms with Crippen molar-refractivity contribution in [2.75, 3.05) is 0 Å². The molecular weight excluding hydrogens is 271 g/mol. The van der Waals surface area contributed by atoms with Crippen molar-refractivity contribution in [3.63, 3.8) is 0 Å². The summed E-state index contributed by atoms with van der Waals surface area (Å²) in [6, 6.07) is 0. The summed E-state index contributed by atoms with van der Waals surface area (Å²) in [5.41, 5.74) is 0. The second-order valence-electron chi connectivity index (χ2n) is 0.152. The van der Waals surface area contributed by atoms with Crippen LogP contribution < -0.4 is 0 Å². The molecule has 0 aliphatic carbocycles. The molecule has 0 saturated heterocycles. The molecule has 0 rings (SSSR count). The van der Waals surface area contributed by atoms with E-state index in [4.69, 9.17) is 29.1 Å². The van der Waals surface area contributed by atoms with Crippen molar-refractivity contribution in [2.45, 2.75) is 0 Å². The number of hydrogen-bond acceptors (Lipinski definition) is 0. The van der Waals surface area contributed by atoms with Gasteiger partial charge >= 0.3 is 42.1 Å². The van der Waals surface area contributed by atoms with Crippen molar-refractivity contribution in [3.8, 4) is 0 Å². The van der Waals surface area contributed by atoms with E-state index in [2.05, 4.69) is 0 Å². The van der Waals surface area contributed by atoms with Crippen molar-refractivity contribution in [2.24, 2.45) is 0 Å². The third-order valence-corrected chi connectivity index (χ3v) is 0. The minimum atomic E-state index is -1.75. The quantitative estimate of drug-likeness (QED) is 0.492. The third-order valence-electron chi connectivity index (χ3n) is 0. The molecule has 8 N–H and O–H groups in total. The van der Waals surface area contributed by atoms with Gasteiger partial charge in [0.25, 0.3) is 0 Å². The molecule has 0 aromatic heterocycles. The van der Waals surface area contributed by atoms with E-state index in [1.807, 2.05) is 0 Å². The molecule has 0 bridgehead atoms. The average Bonchev–Trinajstić information content (AvgIpc) is 0.811. The zero-order valence-corrected chi connectivity index (χ0v) is 7.49. The number of hydrogen-bond donors (Lipinski definition) is 0. The van der Waals surface area contributed by atoms with Gasteiger partial charge in [-0.1, -0.05) is 0 Å². The van der Waals surface area contributed by atoms with Gasteiger partial charge in [-0.05, 0) is 0 Å². The third kappa shape index (κ3) is 165. The molecule has 8 heavy (non-hydrogen) atoms. The topological polar surface area (TPSA) is 126 Å². The Labute approximate surface area is 64.0 Å². The van der Waals surface area contributed by atoms with Gasteiger partial charge < -0.3 is 21.9 Å². The van der Waals surface area contributed by atoms with Crippen molar-refractivity contribution < 1.29 is 34.9 Å². The fourth-order valence-corrected chi connectivity index (χ4v) is 0. The molecule has 0 radical (unpaired) electrons. The van der Waals surface area contributed by atoms with Crippen LogP contribution in [0.15, 0.2) is 0 Å². The summed E-state index contributed by atoms with van der Waals surface area (Å²) in [5.74, 6) is 0. The first-order valence-corrected chi connectivity index (χ1v) is 7.12. The molecule has 61 valence electrons. The standard InChI is InChI=1S/3ClH.4H2O.Ru/h3*1H;4*1H2;/q;;;;;;;+3/p-3. The molecule has 0 amide bonds. The van der Waals surface area contributed by atoms with Gasteiger partial charge in [0.15, 0.2) is 0 Å². The molecule has 0 fully saturated rings. The van der Waals surface area contributed by atoms with Crippen LogP contribution in [-0.4, -0.2) is 21.9 Å². The van der Waals surface area contributed by atoms with E-state index in [9.17, 15) is 0 Å². The Morgan fingerprint density at radius 2 is 0.625 bits per heavy atom. The Balaban J connectivity index is -0.00000000750. The fraction of sp³-hybridized carbons (Fsp3) is 0. The molecule has 0 heterocycles. The molecule has 0 aliphatic heterocycles. The Morgan fingerprint density at radius 3 is 0.625 bits per heavy atom. The van der Waals surface area contributed by atoms with Gasteiger partial charge in [-0.3, -0.25) is 0 Å². The zero-order valence-electron chi connectivity index (χ0n) is 3.49. The van der Waals surface area contributed by atoms with Crippen LogP contribution in [0.4, 0.5) is 0 Å². The van der Waals surface area contributed by atoms with Crippen LogP contribution in [0.2, 0.25) is 0 Å². The Kier molecular flexibility index (Phi) is 103. The van der Waals surface area contributed by atoms with Crippen LogP contribution in [0.1, 0.15) is 0 Å².